The Balaban J connectivity index is 1.91. The number of rotatable bonds is 12. The van der Waals surface area contributed by atoms with Gasteiger partial charge in [0.05, 0.1) is 4.90 Å². The molecule has 0 aliphatic carbocycles. The number of aromatic nitrogens is 2. The summed E-state index contributed by atoms with van der Waals surface area (Å²) in [6.07, 6.45) is 5.22. The minimum Gasteiger partial charge on any atom is -0.337 e. The number of halogens is 1. The number of imidazole rings is 1. The summed E-state index contributed by atoms with van der Waals surface area (Å²) in [5, 5.41) is 2.57. The van der Waals surface area contributed by atoms with Gasteiger partial charge < -0.3 is 9.88 Å². The van der Waals surface area contributed by atoms with Crippen molar-refractivity contribution in [2.45, 2.75) is 56.0 Å². The average molecular weight is 563 g/mol. The molecule has 198 valence electrons. The summed E-state index contributed by atoms with van der Waals surface area (Å²) in [6, 6.07) is 13.2. The van der Waals surface area contributed by atoms with Crippen molar-refractivity contribution in [1.29, 1.82) is 0 Å². The van der Waals surface area contributed by atoms with Gasteiger partial charge in [-0.05, 0) is 47.9 Å². The van der Waals surface area contributed by atoms with Gasteiger partial charge in [0.1, 0.15) is 16.5 Å². The Bertz CT molecular complexity index is 1360. The molecule has 0 spiro atoms. The van der Waals surface area contributed by atoms with Crippen LogP contribution in [0.4, 0.5) is 4.79 Å². The van der Waals surface area contributed by atoms with Crippen LogP contribution in [-0.4, -0.2) is 42.0 Å². The third-order valence-electron chi connectivity index (χ3n) is 5.69. The maximum absolute atomic E-state index is 12.9. The first-order valence-electron chi connectivity index (χ1n) is 12.0. The molecular formula is C26H31ClN4O4S2. The molecule has 37 heavy (non-hydrogen) atoms. The highest BCUT2D eigenvalue weighted by atomic mass is 35.5. The fraction of sp³-hybridized carbons (Fsp3) is 0.346. The fourth-order valence-electron chi connectivity index (χ4n) is 3.87. The summed E-state index contributed by atoms with van der Waals surface area (Å²) < 4.78 is 29.8. The zero-order valence-corrected chi connectivity index (χ0v) is 23.5. The topological polar surface area (TPSA) is 110 Å². The molecule has 2 N–H and O–H groups in total. The minimum atomic E-state index is -4.09. The summed E-state index contributed by atoms with van der Waals surface area (Å²) in [5.41, 5.74) is 2.43. The number of urea groups is 1. The number of thioether (sulfide) groups is 1. The first-order valence-corrected chi connectivity index (χ1v) is 15.1. The number of carbonyl (C=O) groups excluding carboxylic acids is 2. The van der Waals surface area contributed by atoms with Crippen LogP contribution in [0.3, 0.4) is 0 Å². The van der Waals surface area contributed by atoms with Crippen LogP contribution in [0.2, 0.25) is 0 Å². The fourth-order valence-corrected chi connectivity index (χ4v) is 5.87. The van der Waals surface area contributed by atoms with Gasteiger partial charge >= 0.3 is 6.03 Å². The van der Waals surface area contributed by atoms with Gasteiger partial charge in [-0.25, -0.2) is 22.9 Å². The Morgan fingerprint density at radius 2 is 1.76 bits per heavy atom. The van der Waals surface area contributed by atoms with Gasteiger partial charge in [-0.1, -0.05) is 62.7 Å². The summed E-state index contributed by atoms with van der Waals surface area (Å²) in [4.78, 5) is 28.9. The standard InChI is InChI=1S/C26H31ClN4O4S2/c1-4-6-11-22-29-25(36-3)23(24(27)32)31(22)17-18-12-14-19(15-13-18)20-9-7-8-10-21(20)37(34,35)30-26(33)28-16-5-2/h7-10,12-15H,4-6,11,16-17H2,1-3H3,(H2,28,30,33). The zero-order chi connectivity index (χ0) is 27.0. The van der Waals surface area contributed by atoms with Crippen molar-refractivity contribution in [3.63, 3.8) is 0 Å². The molecule has 0 fully saturated rings. The van der Waals surface area contributed by atoms with Crippen LogP contribution >= 0.6 is 23.4 Å². The lowest BCUT2D eigenvalue weighted by Crippen LogP contribution is -2.39. The van der Waals surface area contributed by atoms with E-state index in [2.05, 4.69) is 21.9 Å². The SMILES string of the molecule is CCCCc1nc(SC)c(C(=O)Cl)n1Cc1ccc(-c2ccccc2S(=O)(=O)NC(=O)NCCC)cc1. The molecule has 1 heterocycles. The van der Waals surface area contributed by atoms with Gasteiger partial charge in [0.2, 0.25) is 0 Å². The van der Waals surface area contributed by atoms with Crippen LogP contribution in [0.15, 0.2) is 58.5 Å². The Morgan fingerprint density at radius 3 is 2.38 bits per heavy atom. The van der Waals surface area contributed by atoms with Gasteiger partial charge in [-0.15, -0.1) is 11.8 Å². The Kier molecular flexibility index (Phi) is 10.2. The lowest BCUT2D eigenvalue weighted by atomic mass is 10.0. The second-order valence-corrected chi connectivity index (χ2v) is 11.2. The molecule has 0 aliphatic rings. The molecule has 0 unspecified atom stereocenters. The lowest BCUT2D eigenvalue weighted by molar-refractivity contribution is 0.107. The van der Waals surface area contributed by atoms with Crippen molar-refractivity contribution in [2.24, 2.45) is 0 Å². The normalized spacial score (nSPS) is 11.4. The molecule has 0 atom stereocenters. The molecule has 2 aromatic carbocycles. The van der Waals surface area contributed by atoms with Crippen LogP contribution in [-0.2, 0) is 23.0 Å². The average Bonchev–Trinajstić information content (AvgIpc) is 3.23. The van der Waals surface area contributed by atoms with Gasteiger partial charge in [0.15, 0.2) is 0 Å². The monoisotopic (exact) mass is 562 g/mol. The number of benzene rings is 2. The van der Waals surface area contributed by atoms with Crippen LogP contribution in [0.25, 0.3) is 11.1 Å². The van der Waals surface area contributed by atoms with Crippen molar-refractivity contribution in [1.82, 2.24) is 19.6 Å². The lowest BCUT2D eigenvalue weighted by Gasteiger charge is -2.14. The molecule has 8 nitrogen and oxygen atoms in total. The van der Waals surface area contributed by atoms with Crippen molar-refractivity contribution in [3.05, 3.63) is 65.6 Å². The molecule has 0 aliphatic heterocycles. The molecule has 0 bridgehead atoms. The van der Waals surface area contributed by atoms with E-state index in [9.17, 15) is 18.0 Å². The quantitative estimate of drug-likeness (QED) is 0.225. The molecule has 3 rings (SSSR count). The van der Waals surface area contributed by atoms with Gasteiger partial charge in [0.25, 0.3) is 15.3 Å². The largest absolute Gasteiger partial charge is 0.337 e. The molecule has 1 aromatic heterocycles. The summed E-state index contributed by atoms with van der Waals surface area (Å²) >= 11 is 7.32. The first-order chi connectivity index (χ1) is 17.7. The number of unbranched alkanes of at least 4 members (excludes halogenated alkanes) is 1. The molecular weight excluding hydrogens is 532 g/mol. The van der Waals surface area contributed by atoms with E-state index in [1.165, 1.54) is 17.8 Å². The summed E-state index contributed by atoms with van der Waals surface area (Å²) in [6.45, 7) is 4.75. The number of amides is 2. The number of sulfonamides is 1. The number of nitrogens with one attached hydrogen (secondary N) is 2. The second kappa shape index (κ2) is 13.1. The molecule has 2 amide bonds. The molecule has 0 radical (unpaired) electrons. The van der Waals surface area contributed by atoms with Crippen LogP contribution in [0, 0.1) is 0 Å². The van der Waals surface area contributed by atoms with Gasteiger partial charge in [-0.3, -0.25) is 4.79 Å². The Labute approximate surface area is 227 Å². The van der Waals surface area contributed by atoms with Crippen molar-refractivity contribution in [3.8, 4) is 11.1 Å². The third-order valence-corrected chi connectivity index (χ3v) is 7.93. The van der Waals surface area contributed by atoms with E-state index in [-0.39, 0.29) is 4.90 Å². The third kappa shape index (κ3) is 7.15. The van der Waals surface area contributed by atoms with E-state index < -0.39 is 21.3 Å². The molecule has 11 heteroatoms. The van der Waals surface area contributed by atoms with E-state index in [0.29, 0.717) is 41.4 Å². The van der Waals surface area contributed by atoms with Gasteiger partial charge in [0, 0.05) is 25.1 Å². The van der Waals surface area contributed by atoms with E-state index in [1.807, 2.05) is 42.0 Å². The van der Waals surface area contributed by atoms with Crippen LogP contribution in [0.5, 0.6) is 0 Å². The van der Waals surface area contributed by atoms with Crippen LogP contribution in [0.1, 0.15) is 55.0 Å². The van der Waals surface area contributed by atoms with E-state index >= 15 is 0 Å². The highest BCUT2D eigenvalue weighted by molar-refractivity contribution is 7.98. The maximum Gasteiger partial charge on any atom is 0.328 e. The number of hydrogen-bond donors (Lipinski definition) is 2. The predicted octanol–water partition coefficient (Wildman–Crippen LogP) is 5.44. The predicted molar refractivity (Wildman–Crippen MR) is 148 cm³/mol. The van der Waals surface area contributed by atoms with Gasteiger partial charge in [-0.2, -0.15) is 0 Å². The number of aryl methyl sites for hydroxylation is 1. The number of nitrogens with zero attached hydrogens (tertiary/aromatic N) is 2. The number of carbonyl (C=O) groups is 2. The maximum atomic E-state index is 12.9. The van der Waals surface area contributed by atoms with Crippen molar-refractivity contribution in [2.75, 3.05) is 12.8 Å². The molecule has 0 saturated carbocycles. The smallest absolute Gasteiger partial charge is 0.328 e. The number of hydrogen-bond acceptors (Lipinski definition) is 6. The van der Waals surface area contributed by atoms with E-state index in [4.69, 9.17) is 11.6 Å². The Hall–Kier alpha value is -2.82. The molecule has 0 saturated heterocycles. The molecule has 3 aromatic rings. The Morgan fingerprint density at radius 1 is 1.05 bits per heavy atom. The van der Waals surface area contributed by atoms with Crippen LogP contribution < -0.4 is 10.0 Å². The summed E-state index contributed by atoms with van der Waals surface area (Å²) in [5.74, 6) is 0.808. The highest BCUT2D eigenvalue weighted by Crippen LogP contribution is 2.29. The van der Waals surface area contributed by atoms with Crippen molar-refractivity contribution >= 4 is 44.7 Å². The van der Waals surface area contributed by atoms with E-state index in [1.54, 1.807) is 18.2 Å². The van der Waals surface area contributed by atoms with E-state index in [0.717, 1.165) is 30.7 Å². The highest BCUT2D eigenvalue weighted by Gasteiger charge is 2.23. The zero-order valence-electron chi connectivity index (χ0n) is 21.1. The minimum absolute atomic E-state index is 0.00509. The first kappa shape index (κ1) is 28.7. The second-order valence-electron chi connectivity index (χ2n) is 8.40. The summed E-state index contributed by atoms with van der Waals surface area (Å²) in [7, 11) is -4.09. The van der Waals surface area contributed by atoms with Crippen molar-refractivity contribution < 1.29 is 18.0 Å².